The van der Waals surface area contributed by atoms with Crippen molar-refractivity contribution in [3.63, 3.8) is 0 Å². The van der Waals surface area contributed by atoms with E-state index in [-0.39, 0.29) is 23.9 Å². The first-order valence-corrected chi connectivity index (χ1v) is 18.6. The van der Waals surface area contributed by atoms with Gasteiger partial charge < -0.3 is 18.9 Å². The number of hydrogen-bond acceptors (Lipinski definition) is 10. The summed E-state index contributed by atoms with van der Waals surface area (Å²) in [5.74, 6) is 0.233. The number of esters is 2. The van der Waals surface area contributed by atoms with E-state index in [1.54, 1.807) is 36.9 Å². The van der Waals surface area contributed by atoms with Crippen LogP contribution in [0.4, 0.5) is 0 Å². The number of ether oxygens (including phenoxy) is 4. The van der Waals surface area contributed by atoms with Gasteiger partial charge in [0.25, 0.3) is 0 Å². The first-order valence-electron chi connectivity index (χ1n) is 16.9. The van der Waals surface area contributed by atoms with E-state index in [2.05, 4.69) is 52.0 Å². The molecule has 0 spiro atoms. The van der Waals surface area contributed by atoms with Crippen molar-refractivity contribution < 1.29 is 28.5 Å². The molecule has 50 heavy (non-hydrogen) atoms. The predicted octanol–water partition coefficient (Wildman–Crippen LogP) is 8.55. The lowest BCUT2D eigenvalue weighted by Crippen LogP contribution is -2.41. The maximum Gasteiger partial charge on any atom is 0.332 e. The highest BCUT2D eigenvalue weighted by atomic mass is 32.1. The van der Waals surface area contributed by atoms with E-state index in [0.29, 0.717) is 12.8 Å². The fourth-order valence-corrected chi connectivity index (χ4v) is 7.41. The zero-order valence-electron chi connectivity index (χ0n) is 30.3. The number of nitrogens with zero attached hydrogens (tertiary/aromatic N) is 2. The maximum absolute atomic E-state index is 13.3. The minimum atomic E-state index is -0.614. The Kier molecular flexibility index (Phi) is 14.7. The molecule has 0 aliphatic carbocycles. The normalized spacial score (nSPS) is 14.2. The van der Waals surface area contributed by atoms with Crippen LogP contribution in [0, 0.1) is 0 Å². The van der Waals surface area contributed by atoms with Crippen molar-refractivity contribution in [1.82, 2.24) is 9.80 Å². The van der Waals surface area contributed by atoms with Crippen molar-refractivity contribution in [2.45, 2.75) is 76.9 Å². The SMILES string of the molecule is COc1cccc(C(CC(OC(=O)/C=C/C(=O)OC(CC(c2cccc(OC)c2)c2cccs2)N(C)C(C)C)N(C)C(C)C)c2cccs2)c1. The first kappa shape index (κ1) is 38.8. The average Bonchev–Trinajstić information content (AvgIpc) is 3.86. The van der Waals surface area contributed by atoms with Crippen LogP contribution in [0.2, 0.25) is 0 Å². The van der Waals surface area contributed by atoms with Crippen LogP contribution in [0.25, 0.3) is 0 Å². The zero-order chi connectivity index (χ0) is 36.2. The van der Waals surface area contributed by atoms with Crippen LogP contribution < -0.4 is 9.47 Å². The van der Waals surface area contributed by atoms with Gasteiger partial charge in [0.05, 0.1) is 14.2 Å². The topological polar surface area (TPSA) is 77.5 Å². The van der Waals surface area contributed by atoms with Gasteiger partial charge in [-0.3, -0.25) is 9.80 Å². The number of benzene rings is 2. The third-order valence-electron chi connectivity index (χ3n) is 9.04. The van der Waals surface area contributed by atoms with Crippen LogP contribution in [0.15, 0.2) is 95.7 Å². The Balaban J connectivity index is 1.51. The van der Waals surface area contributed by atoms with Crippen molar-refractivity contribution in [3.05, 3.63) is 117 Å². The van der Waals surface area contributed by atoms with Gasteiger partial charge in [-0.05, 0) is 100 Å². The maximum atomic E-state index is 13.3. The minimum Gasteiger partial charge on any atom is -0.497 e. The summed E-state index contributed by atoms with van der Waals surface area (Å²) in [5, 5.41) is 4.10. The van der Waals surface area contributed by atoms with Gasteiger partial charge in [0.1, 0.15) is 11.5 Å². The van der Waals surface area contributed by atoms with Crippen LogP contribution in [-0.2, 0) is 19.1 Å². The number of methoxy groups -OCH3 is 2. The van der Waals surface area contributed by atoms with Gasteiger partial charge in [-0.2, -0.15) is 0 Å². The monoisotopic (exact) mass is 718 g/mol. The summed E-state index contributed by atoms with van der Waals surface area (Å²) >= 11 is 3.33. The molecule has 4 atom stereocenters. The molecule has 0 fully saturated rings. The van der Waals surface area contributed by atoms with Gasteiger partial charge in [0.2, 0.25) is 0 Å². The van der Waals surface area contributed by atoms with Crippen molar-refractivity contribution >= 4 is 34.6 Å². The van der Waals surface area contributed by atoms with E-state index in [9.17, 15) is 9.59 Å². The van der Waals surface area contributed by atoms with Crippen molar-refractivity contribution in [2.75, 3.05) is 28.3 Å². The fourth-order valence-electron chi connectivity index (χ4n) is 5.67. The largest absolute Gasteiger partial charge is 0.497 e. The number of thiophene rings is 2. The summed E-state index contributed by atoms with van der Waals surface area (Å²) in [5.41, 5.74) is 2.14. The number of carbonyl (C=O) groups is 2. The molecule has 2 heterocycles. The lowest BCUT2D eigenvalue weighted by Gasteiger charge is -2.33. The third kappa shape index (κ3) is 10.8. The fraction of sp³-hybridized carbons (Fsp3) is 0.400. The summed E-state index contributed by atoms with van der Waals surface area (Å²) in [6.07, 6.45) is 2.25. The van der Waals surface area contributed by atoms with Gasteiger partial charge in [-0.25, -0.2) is 9.59 Å². The van der Waals surface area contributed by atoms with E-state index in [0.717, 1.165) is 32.4 Å². The molecule has 2 aromatic heterocycles. The summed E-state index contributed by atoms with van der Waals surface area (Å²) in [7, 11) is 7.19. The summed E-state index contributed by atoms with van der Waals surface area (Å²) in [6.45, 7) is 8.22. The molecule has 0 amide bonds. The van der Waals surface area contributed by atoms with Gasteiger partial charge in [0.15, 0.2) is 12.5 Å². The van der Waals surface area contributed by atoms with Crippen LogP contribution >= 0.6 is 22.7 Å². The lowest BCUT2D eigenvalue weighted by molar-refractivity contribution is -0.157. The minimum absolute atomic E-state index is 0.0359. The Morgan fingerprint density at radius 2 is 1.04 bits per heavy atom. The molecule has 268 valence electrons. The molecule has 4 rings (SSSR count). The highest BCUT2D eigenvalue weighted by Crippen LogP contribution is 2.37. The molecule has 0 aliphatic heterocycles. The Morgan fingerprint density at radius 3 is 1.36 bits per heavy atom. The van der Waals surface area contributed by atoms with Crippen molar-refractivity contribution in [3.8, 4) is 11.5 Å². The number of rotatable bonds is 18. The van der Waals surface area contributed by atoms with E-state index < -0.39 is 24.4 Å². The Morgan fingerprint density at radius 1 is 0.640 bits per heavy atom. The highest BCUT2D eigenvalue weighted by Gasteiger charge is 2.30. The molecule has 2 aromatic carbocycles. The first-order chi connectivity index (χ1) is 24.0. The second kappa shape index (κ2) is 18.9. The molecular formula is C40H50N2O6S2. The average molecular weight is 719 g/mol. The van der Waals surface area contributed by atoms with E-state index in [1.165, 1.54) is 12.2 Å². The van der Waals surface area contributed by atoms with Crippen LogP contribution in [-0.4, -0.2) is 74.6 Å². The molecular weight excluding hydrogens is 669 g/mol. The van der Waals surface area contributed by atoms with Gasteiger partial charge in [0, 0.05) is 58.7 Å². The standard InChI is InChI=1S/C40H50N2O6S2/c1-27(2)41(5)37(25-33(35-17-11-21-49-35)29-13-9-15-31(23-29)45-7)47-39(43)19-20-40(44)48-38(42(6)28(3)4)26-34(36-18-12-22-50-36)30-14-10-16-32(24-30)46-8/h9-24,27-28,33-34,37-38H,25-26H2,1-8H3/b20-19+. The summed E-state index contributed by atoms with van der Waals surface area (Å²) in [4.78, 5) is 33.0. The van der Waals surface area contributed by atoms with Crippen LogP contribution in [0.3, 0.4) is 0 Å². The quantitative estimate of drug-likeness (QED) is 0.0576. The highest BCUT2D eigenvalue weighted by molar-refractivity contribution is 7.10. The van der Waals surface area contributed by atoms with Gasteiger partial charge in [-0.15, -0.1) is 22.7 Å². The molecule has 0 saturated carbocycles. The molecule has 0 saturated heterocycles. The predicted molar refractivity (Wildman–Crippen MR) is 202 cm³/mol. The zero-order valence-corrected chi connectivity index (χ0v) is 31.9. The number of hydrogen-bond donors (Lipinski definition) is 0. The molecule has 0 bridgehead atoms. The summed E-state index contributed by atoms with van der Waals surface area (Å²) < 4.78 is 23.1. The van der Waals surface area contributed by atoms with E-state index >= 15 is 0 Å². The Labute approximate surface area is 305 Å². The van der Waals surface area contributed by atoms with Gasteiger partial charge in [-0.1, -0.05) is 36.4 Å². The second-order valence-corrected chi connectivity index (χ2v) is 14.8. The van der Waals surface area contributed by atoms with Crippen LogP contribution in [0.1, 0.15) is 73.3 Å². The van der Waals surface area contributed by atoms with Crippen molar-refractivity contribution in [1.29, 1.82) is 0 Å². The second-order valence-electron chi connectivity index (χ2n) is 12.8. The Bertz CT molecular complexity index is 1530. The number of carbonyl (C=O) groups excluding carboxylic acids is 2. The third-order valence-corrected chi connectivity index (χ3v) is 11.0. The molecule has 0 N–H and O–H groups in total. The molecule has 4 unspecified atom stereocenters. The molecule has 0 radical (unpaired) electrons. The smallest absolute Gasteiger partial charge is 0.332 e. The van der Waals surface area contributed by atoms with Crippen LogP contribution in [0.5, 0.6) is 11.5 Å². The van der Waals surface area contributed by atoms with E-state index in [4.69, 9.17) is 18.9 Å². The van der Waals surface area contributed by atoms with E-state index in [1.807, 2.05) is 83.2 Å². The molecule has 4 aromatic rings. The lowest BCUT2D eigenvalue weighted by atomic mass is 9.92. The van der Waals surface area contributed by atoms with Crippen molar-refractivity contribution in [2.24, 2.45) is 0 Å². The Hall–Kier alpha value is -3.96. The summed E-state index contributed by atoms with van der Waals surface area (Å²) in [6, 6.07) is 24.4. The molecule has 10 heteroatoms. The molecule has 8 nitrogen and oxygen atoms in total. The molecule has 0 aliphatic rings. The van der Waals surface area contributed by atoms with Gasteiger partial charge >= 0.3 is 11.9 Å².